The summed E-state index contributed by atoms with van der Waals surface area (Å²) in [6, 6.07) is 12.8. The third kappa shape index (κ3) is 4.11. The van der Waals surface area contributed by atoms with Crippen LogP contribution in [0.25, 0.3) is 16.9 Å². The van der Waals surface area contributed by atoms with Crippen LogP contribution in [0.5, 0.6) is 0 Å². The lowest BCUT2D eigenvalue weighted by Crippen LogP contribution is -2.30. The van der Waals surface area contributed by atoms with Crippen molar-refractivity contribution in [2.45, 2.75) is 11.8 Å². The molecule has 1 aliphatic heterocycles. The van der Waals surface area contributed by atoms with Crippen molar-refractivity contribution < 1.29 is 18.3 Å². The Kier molecular flexibility index (Phi) is 6.15. The fourth-order valence-corrected chi connectivity index (χ4v) is 4.84. The first-order valence-electron chi connectivity index (χ1n) is 9.58. The number of hydrogen-bond donors (Lipinski definition) is 0. The van der Waals surface area contributed by atoms with Crippen molar-refractivity contribution in [2.75, 3.05) is 26.0 Å². The Hall–Kier alpha value is -2.71. The Morgan fingerprint density at radius 1 is 1.17 bits per heavy atom. The average molecular weight is 429 g/mol. The van der Waals surface area contributed by atoms with Crippen LogP contribution in [0.3, 0.4) is 0 Å². The van der Waals surface area contributed by atoms with Gasteiger partial charge in [0.05, 0.1) is 23.3 Å². The molecule has 1 aliphatic rings. The zero-order valence-corrected chi connectivity index (χ0v) is 17.2. The molecule has 0 saturated carbocycles. The first-order chi connectivity index (χ1) is 14.6. The van der Waals surface area contributed by atoms with E-state index in [4.69, 9.17) is 4.74 Å². The summed E-state index contributed by atoms with van der Waals surface area (Å²) in [7, 11) is 1.62. The predicted octanol–water partition coefficient (Wildman–Crippen LogP) is 4.43. The number of para-hydroxylation sites is 1. The maximum Gasteiger partial charge on any atom is 0.233 e. The SMILES string of the molecule is COCCCN1C(=O)CSC1c1cnn(-c2ccccc2)c1-c1cc(F)cc(F)c1. The molecule has 0 N–H and O–H groups in total. The van der Waals surface area contributed by atoms with Crippen LogP contribution in [0.1, 0.15) is 17.4 Å². The van der Waals surface area contributed by atoms with Gasteiger partial charge >= 0.3 is 0 Å². The Morgan fingerprint density at radius 3 is 2.60 bits per heavy atom. The van der Waals surface area contributed by atoms with Crippen LogP contribution < -0.4 is 0 Å². The van der Waals surface area contributed by atoms with Gasteiger partial charge in [0.2, 0.25) is 5.91 Å². The molecule has 8 heteroatoms. The monoisotopic (exact) mass is 429 g/mol. The highest BCUT2D eigenvalue weighted by Crippen LogP contribution is 2.43. The number of carbonyl (C=O) groups excluding carboxylic acids is 1. The topological polar surface area (TPSA) is 47.4 Å². The van der Waals surface area contributed by atoms with Gasteiger partial charge in [-0.2, -0.15) is 5.10 Å². The molecule has 0 spiro atoms. The quantitative estimate of drug-likeness (QED) is 0.522. The third-order valence-corrected chi connectivity index (χ3v) is 6.15. The van der Waals surface area contributed by atoms with E-state index in [9.17, 15) is 13.6 Å². The summed E-state index contributed by atoms with van der Waals surface area (Å²) in [5.74, 6) is -0.942. The number of rotatable bonds is 7. The van der Waals surface area contributed by atoms with E-state index < -0.39 is 11.6 Å². The second-order valence-corrected chi connectivity index (χ2v) is 8.02. The van der Waals surface area contributed by atoms with Crippen molar-refractivity contribution in [3.63, 3.8) is 0 Å². The van der Waals surface area contributed by atoms with Crippen molar-refractivity contribution in [2.24, 2.45) is 0 Å². The van der Waals surface area contributed by atoms with Gasteiger partial charge in [-0.05, 0) is 30.7 Å². The van der Waals surface area contributed by atoms with Gasteiger partial charge in [-0.15, -0.1) is 11.8 Å². The Bertz CT molecular complexity index is 1020. The van der Waals surface area contributed by atoms with Crippen LogP contribution in [-0.4, -0.2) is 46.6 Å². The average Bonchev–Trinajstić information content (AvgIpc) is 3.32. The van der Waals surface area contributed by atoms with Crippen LogP contribution in [0.15, 0.2) is 54.7 Å². The first-order valence-corrected chi connectivity index (χ1v) is 10.6. The smallest absolute Gasteiger partial charge is 0.233 e. The lowest BCUT2D eigenvalue weighted by molar-refractivity contribution is -0.128. The number of hydrogen-bond acceptors (Lipinski definition) is 4. The number of halogens is 2. The number of amides is 1. The zero-order chi connectivity index (χ0) is 21.1. The maximum absolute atomic E-state index is 14.1. The molecule has 4 rings (SSSR count). The van der Waals surface area contributed by atoms with Crippen LogP contribution >= 0.6 is 11.8 Å². The number of aromatic nitrogens is 2. The highest BCUT2D eigenvalue weighted by atomic mass is 32.2. The minimum atomic E-state index is -0.663. The van der Waals surface area contributed by atoms with Gasteiger partial charge in [-0.1, -0.05) is 18.2 Å². The molecule has 3 aromatic rings. The van der Waals surface area contributed by atoms with E-state index in [-0.39, 0.29) is 11.3 Å². The zero-order valence-electron chi connectivity index (χ0n) is 16.4. The van der Waals surface area contributed by atoms with Crippen molar-refractivity contribution in [3.05, 3.63) is 71.9 Å². The van der Waals surface area contributed by atoms with Crippen molar-refractivity contribution >= 4 is 17.7 Å². The normalized spacial score (nSPS) is 16.4. The van der Waals surface area contributed by atoms with Gasteiger partial charge in [0.15, 0.2) is 0 Å². The third-order valence-electron chi connectivity index (χ3n) is 4.92. The number of benzene rings is 2. The molecule has 1 fully saturated rings. The fourth-order valence-electron chi connectivity index (χ4n) is 3.62. The van der Waals surface area contributed by atoms with Gasteiger partial charge in [0.1, 0.15) is 17.0 Å². The van der Waals surface area contributed by atoms with Gasteiger partial charge in [0, 0.05) is 37.5 Å². The number of thioether (sulfide) groups is 1. The molecule has 0 aliphatic carbocycles. The van der Waals surface area contributed by atoms with Crippen molar-refractivity contribution in [1.29, 1.82) is 0 Å². The summed E-state index contributed by atoms with van der Waals surface area (Å²) in [5.41, 5.74) is 2.46. The largest absolute Gasteiger partial charge is 0.385 e. The summed E-state index contributed by atoms with van der Waals surface area (Å²) in [4.78, 5) is 14.3. The molecule has 30 heavy (non-hydrogen) atoms. The predicted molar refractivity (Wildman–Crippen MR) is 112 cm³/mol. The number of carbonyl (C=O) groups is 1. The first kappa shape index (κ1) is 20.6. The molecule has 0 bridgehead atoms. The molecule has 2 heterocycles. The standard InChI is InChI=1S/C22H21F2N3O2S/c1-29-9-5-8-26-20(28)14-30-22(26)19-13-25-27(18-6-3-2-4-7-18)21(19)15-10-16(23)12-17(24)11-15/h2-4,6-7,10-13,22H,5,8-9,14H2,1H3. The van der Waals surface area contributed by atoms with Crippen LogP contribution in [0.4, 0.5) is 8.78 Å². The van der Waals surface area contributed by atoms with E-state index in [1.165, 1.54) is 23.9 Å². The number of methoxy groups -OCH3 is 1. The molecular weight excluding hydrogens is 408 g/mol. The van der Waals surface area contributed by atoms with Crippen LogP contribution in [0.2, 0.25) is 0 Å². The minimum Gasteiger partial charge on any atom is -0.385 e. The van der Waals surface area contributed by atoms with Gasteiger partial charge in [0.25, 0.3) is 0 Å². The molecule has 0 radical (unpaired) electrons. The summed E-state index contributed by atoms with van der Waals surface area (Å²) in [6.07, 6.45) is 2.39. The lowest BCUT2D eigenvalue weighted by atomic mass is 10.1. The number of nitrogens with zero attached hydrogens (tertiary/aromatic N) is 3. The molecule has 5 nitrogen and oxygen atoms in total. The number of ether oxygens (including phenoxy) is 1. The van der Waals surface area contributed by atoms with E-state index >= 15 is 0 Å². The highest BCUT2D eigenvalue weighted by Gasteiger charge is 2.35. The Morgan fingerprint density at radius 2 is 1.90 bits per heavy atom. The second kappa shape index (κ2) is 8.97. The van der Waals surface area contributed by atoms with Gasteiger partial charge < -0.3 is 9.64 Å². The summed E-state index contributed by atoms with van der Waals surface area (Å²) < 4.78 is 34.9. The molecule has 1 atom stereocenters. The van der Waals surface area contributed by atoms with Gasteiger partial charge in [-0.3, -0.25) is 4.79 Å². The van der Waals surface area contributed by atoms with E-state index in [0.29, 0.717) is 36.6 Å². The molecule has 2 aromatic carbocycles. The molecular formula is C22H21F2N3O2S. The second-order valence-electron chi connectivity index (χ2n) is 6.95. The van der Waals surface area contributed by atoms with Crippen LogP contribution in [0, 0.1) is 11.6 Å². The fraction of sp³-hybridized carbons (Fsp3) is 0.273. The lowest BCUT2D eigenvalue weighted by Gasteiger charge is -2.24. The van der Waals surface area contributed by atoms with E-state index in [1.807, 2.05) is 30.3 Å². The molecule has 1 amide bonds. The Balaban J connectivity index is 1.82. The van der Waals surface area contributed by atoms with E-state index in [0.717, 1.165) is 17.3 Å². The summed E-state index contributed by atoms with van der Waals surface area (Å²) >= 11 is 1.49. The molecule has 1 unspecified atom stereocenters. The molecule has 1 aromatic heterocycles. The summed E-state index contributed by atoms with van der Waals surface area (Å²) in [6.45, 7) is 1.09. The van der Waals surface area contributed by atoms with Gasteiger partial charge in [-0.25, -0.2) is 13.5 Å². The summed E-state index contributed by atoms with van der Waals surface area (Å²) in [5, 5.41) is 4.23. The van der Waals surface area contributed by atoms with E-state index in [1.54, 1.807) is 22.9 Å². The molecule has 1 saturated heterocycles. The van der Waals surface area contributed by atoms with Crippen LogP contribution in [-0.2, 0) is 9.53 Å². The molecule has 156 valence electrons. The minimum absolute atomic E-state index is 0.0323. The maximum atomic E-state index is 14.1. The van der Waals surface area contributed by atoms with Crippen molar-refractivity contribution in [3.8, 4) is 16.9 Å². The van der Waals surface area contributed by atoms with Crippen molar-refractivity contribution in [1.82, 2.24) is 14.7 Å². The van der Waals surface area contributed by atoms with E-state index in [2.05, 4.69) is 5.10 Å². The Labute approximate surface area is 177 Å². The highest BCUT2D eigenvalue weighted by molar-refractivity contribution is 8.00.